The Balaban J connectivity index is 1.37. The summed E-state index contributed by atoms with van der Waals surface area (Å²) >= 11 is 0. The normalized spacial score (nSPS) is 27.9. The lowest BCUT2D eigenvalue weighted by molar-refractivity contribution is -0.140. The molecule has 0 bridgehead atoms. The van der Waals surface area contributed by atoms with Crippen LogP contribution in [0.2, 0.25) is 0 Å². The van der Waals surface area contributed by atoms with E-state index in [-0.39, 0.29) is 17.4 Å². The van der Waals surface area contributed by atoms with Gasteiger partial charge in [-0.15, -0.1) is 0 Å². The van der Waals surface area contributed by atoms with E-state index >= 15 is 0 Å². The van der Waals surface area contributed by atoms with Gasteiger partial charge in [-0.1, -0.05) is 5.16 Å². The van der Waals surface area contributed by atoms with Crippen LogP contribution in [0.4, 0.5) is 0 Å². The Bertz CT molecular complexity index is 618. The number of nitrogens with zero attached hydrogens (tertiary/aromatic N) is 4. The molecule has 1 aromatic heterocycles. The number of piperidine rings is 1. The number of aryl methyl sites for hydroxylation is 1. The Morgan fingerprint density at radius 3 is 2.60 bits per heavy atom. The number of hydrogen-bond donors (Lipinski definition) is 0. The van der Waals surface area contributed by atoms with E-state index in [2.05, 4.69) is 27.0 Å². The second kappa shape index (κ2) is 6.68. The SMILES string of the molecule is Cc1nc(C2CC3(CCN(C(=O)C4CCOCC4)CC3)CN2C)no1. The predicted molar refractivity (Wildman–Crippen MR) is 90.8 cm³/mol. The average molecular weight is 348 g/mol. The van der Waals surface area contributed by atoms with Crippen molar-refractivity contribution in [1.29, 1.82) is 0 Å². The van der Waals surface area contributed by atoms with E-state index in [0.717, 1.165) is 70.8 Å². The van der Waals surface area contributed by atoms with Crippen LogP contribution in [0.15, 0.2) is 4.52 Å². The van der Waals surface area contributed by atoms with Crippen molar-refractivity contribution in [2.75, 3.05) is 39.9 Å². The topological polar surface area (TPSA) is 71.7 Å². The molecule has 7 nitrogen and oxygen atoms in total. The van der Waals surface area contributed by atoms with Crippen molar-refractivity contribution in [3.05, 3.63) is 11.7 Å². The summed E-state index contributed by atoms with van der Waals surface area (Å²) in [6.07, 6.45) is 4.95. The number of ether oxygens (including phenoxy) is 1. The van der Waals surface area contributed by atoms with Gasteiger partial charge in [0, 0.05) is 45.7 Å². The quantitative estimate of drug-likeness (QED) is 0.811. The van der Waals surface area contributed by atoms with Gasteiger partial charge in [-0.3, -0.25) is 9.69 Å². The molecule has 1 unspecified atom stereocenters. The molecule has 4 heterocycles. The monoisotopic (exact) mass is 348 g/mol. The van der Waals surface area contributed by atoms with Crippen LogP contribution in [0.5, 0.6) is 0 Å². The van der Waals surface area contributed by atoms with Gasteiger partial charge in [0.2, 0.25) is 11.8 Å². The standard InChI is InChI=1S/C18H28N4O3/c1-13-19-16(20-25-13)15-11-18(12-21(15)2)5-7-22(8-6-18)17(23)14-3-9-24-10-4-14/h14-15H,3-12H2,1-2H3. The largest absolute Gasteiger partial charge is 0.381 e. The molecule has 1 amide bonds. The van der Waals surface area contributed by atoms with E-state index in [9.17, 15) is 4.79 Å². The number of hydrogen-bond acceptors (Lipinski definition) is 6. The fourth-order valence-electron chi connectivity index (χ4n) is 4.77. The van der Waals surface area contributed by atoms with Crippen LogP contribution in [0.25, 0.3) is 0 Å². The minimum absolute atomic E-state index is 0.170. The van der Waals surface area contributed by atoms with Gasteiger partial charge in [-0.05, 0) is 44.6 Å². The summed E-state index contributed by atoms with van der Waals surface area (Å²) in [5, 5.41) is 4.13. The molecule has 1 spiro atoms. The third-order valence-electron chi connectivity index (χ3n) is 6.29. The fraction of sp³-hybridized carbons (Fsp3) is 0.833. The molecule has 3 aliphatic rings. The van der Waals surface area contributed by atoms with Gasteiger partial charge in [0.25, 0.3) is 0 Å². The summed E-state index contributed by atoms with van der Waals surface area (Å²) in [6.45, 7) is 6.09. The van der Waals surface area contributed by atoms with Crippen molar-refractivity contribution in [2.45, 2.75) is 45.1 Å². The maximum atomic E-state index is 12.7. The molecular weight excluding hydrogens is 320 g/mol. The minimum atomic E-state index is 0.170. The van der Waals surface area contributed by atoms with Crippen LogP contribution >= 0.6 is 0 Å². The Labute approximate surface area is 148 Å². The van der Waals surface area contributed by atoms with Crippen molar-refractivity contribution in [3.63, 3.8) is 0 Å². The lowest BCUT2D eigenvalue weighted by Gasteiger charge is -2.40. The van der Waals surface area contributed by atoms with Crippen LogP contribution in [0.3, 0.4) is 0 Å². The number of carbonyl (C=O) groups excluding carboxylic acids is 1. The number of amides is 1. The van der Waals surface area contributed by atoms with E-state index in [1.807, 2.05) is 6.92 Å². The lowest BCUT2D eigenvalue weighted by atomic mass is 9.76. The molecule has 25 heavy (non-hydrogen) atoms. The Morgan fingerprint density at radius 2 is 1.96 bits per heavy atom. The lowest BCUT2D eigenvalue weighted by Crippen LogP contribution is -2.47. The molecule has 1 atom stereocenters. The van der Waals surface area contributed by atoms with E-state index in [4.69, 9.17) is 9.26 Å². The van der Waals surface area contributed by atoms with Gasteiger partial charge in [-0.25, -0.2) is 0 Å². The molecule has 7 heteroatoms. The molecule has 0 saturated carbocycles. The Kier molecular flexibility index (Phi) is 4.54. The molecule has 3 saturated heterocycles. The highest BCUT2D eigenvalue weighted by atomic mass is 16.5. The summed E-state index contributed by atoms with van der Waals surface area (Å²) in [6, 6.07) is 0.232. The summed E-state index contributed by atoms with van der Waals surface area (Å²) in [5.74, 6) is 1.94. The highest BCUT2D eigenvalue weighted by Gasteiger charge is 2.46. The van der Waals surface area contributed by atoms with Gasteiger partial charge < -0.3 is 14.2 Å². The van der Waals surface area contributed by atoms with Crippen LogP contribution in [-0.4, -0.2) is 65.7 Å². The molecule has 0 aliphatic carbocycles. The average Bonchev–Trinajstić information content (AvgIpc) is 3.19. The number of rotatable bonds is 2. The zero-order chi connectivity index (χ0) is 17.4. The first kappa shape index (κ1) is 17.0. The minimum Gasteiger partial charge on any atom is -0.381 e. The second-order valence-corrected chi connectivity index (χ2v) is 8.02. The summed E-state index contributed by atoms with van der Waals surface area (Å²) < 4.78 is 10.6. The maximum absolute atomic E-state index is 12.7. The zero-order valence-electron chi connectivity index (χ0n) is 15.2. The van der Waals surface area contributed by atoms with Crippen molar-refractivity contribution in [2.24, 2.45) is 11.3 Å². The molecular formula is C18H28N4O3. The second-order valence-electron chi connectivity index (χ2n) is 8.02. The number of likely N-dealkylation sites (tertiary alicyclic amines) is 2. The van der Waals surface area contributed by atoms with Gasteiger partial charge in [0.1, 0.15) is 0 Å². The third-order valence-corrected chi connectivity index (χ3v) is 6.29. The van der Waals surface area contributed by atoms with Gasteiger partial charge in [-0.2, -0.15) is 4.98 Å². The first-order valence-corrected chi connectivity index (χ1v) is 9.43. The molecule has 0 radical (unpaired) electrons. The van der Waals surface area contributed by atoms with Gasteiger partial charge >= 0.3 is 0 Å². The van der Waals surface area contributed by atoms with E-state index < -0.39 is 0 Å². The maximum Gasteiger partial charge on any atom is 0.225 e. The van der Waals surface area contributed by atoms with Gasteiger partial charge in [0.15, 0.2) is 5.82 Å². The molecule has 1 aromatic rings. The Morgan fingerprint density at radius 1 is 1.24 bits per heavy atom. The van der Waals surface area contributed by atoms with Crippen molar-refractivity contribution in [3.8, 4) is 0 Å². The molecule has 3 fully saturated rings. The van der Waals surface area contributed by atoms with Crippen LogP contribution in [0.1, 0.15) is 49.9 Å². The summed E-state index contributed by atoms with van der Waals surface area (Å²) in [7, 11) is 2.14. The van der Waals surface area contributed by atoms with Crippen molar-refractivity contribution < 1.29 is 14.1 Å². The van der Waals surface area contributed by atoms with Crippen LogP contribution in [-0.2, 0) is 9.53 Å². The molecule has 3 aliphatic heterocycles. The molecule has 0 N–H and O–H groups in total. The van der Waals surface area contributed by atoms with Crippen molar-refractivity contribution >= 4 is 5.91 Å². The zero-order valence-corrected chi connectivity index (χ0v) is 15.2. The summed E-state index contributed by atoms with van der Waals surface area (Å²) in [5.41, 5.74) is 0.278. The third kappa shape index (κ3) is 3.31. The van der Waals surface area contributed by atoms with Crippen LogP contribution in [0, 0.1) is 18.3 Å². The number of carbonyl (C=O) groups is 1. The van der Waals surface area contributed by atoms with Crippen LogP contribution < -0.4 is 0 Å². The smallest absolute Gasteiger partial charge is 0.225 e. The highest BCUT2D eigenvalue weighted by Crippen LogP contribution is 2.47. The first-order valence-electron chi connectivity index (χ1n) is 9.43. The predicted octanol–water partition coefficient (Wildman–Crippen LogP) is 1.79. The molecule has 138 valence electrons. The van der Waals surface area contributed by atoms with Crippen molar-refractivity contribution in [1.82, 2.24) is 19.9 Å². The number of aromatic nitrogens is 2. The van der Waals surface area contributed by atoms with E-state index in [1.54, 1.807) is 0 Å². The molecule has 4 rings (SSSR count). The molecule has 0 aromatic carbocycles. The fourth-order valence-corrected chi connectivity index (χ4v) is 4.77. The Hall–Kier alpha value is -1.47. The first-order chi connectivity index (χ1) is 12.1. The van der Waals surface area contributed by atoms with E-state index in [0.29, 0.717) is 11.8 Å². The van der Waals surface area contributed by atoms with E-state index in [1.165, 1.54) is 0 Å². The van der Waals surface area contributed by atoms with Gasteiger partial charge in [0.05, 0.1) is 6.04 Å². The highest BCUT2D eigenvalue weighted by molar-refractivity contribution is 5.79. The summed E-state index contributed by atoms with van der Waals surface area (Å²) in [4.78, 5) is 21.6.